The number of halogens is 2. The van der Waals surface area contributed by atoms with Crippen LogP contribution < -0.4 is 11.1 Å². The number of nitrogens with one attached hydrogen (secondary N) is 1. The van der Waals surface area contributed by atoms with Gasteiger partial charge in [0.1, 0.15) is 11.6 Å². The fourth-order valence-electron chi connectivity index (χ4n) is 1.45. The first-order valence-corrected chi connectivity index (χ1v) is 5.80. The molecule has 17 heavy (non-hydrogen) atoms. The van der Waals surface area contributed by atoms with Crippen LogP contribution in [0.1, 0.15) is 5.56 Å². The Hall–Kier alpha value is -1.62. The molecule has 0 aliphatic heterocycles. The van der Waals surface area contributed by atoms with E-state index >= 15 is 0 Å². The molecule has 0 bridgehead atoms. The Balaban J connectivity index is 2.37. The lowest BCUT2D eigenvalue weighted by molar-refractivity contribution is 0.621. The average Bonchev–Trinajstić information content (AvgIpc) is 2.29. The molecule has 2 aromatic rings. The lowest BCUT2D eigenvalue weighted by Gasteiger charge is -2.11. The molecule has 0 saturated heterocycles. The van der Waals surface area contributed by atoms with Crippen molar-refractivity contribution < 1.29 is 4.39 Å². The minimum atomic E-state index is -0.319. The number of aromatic nitrogens is 1. The van der Waals surface area contributed by atoms with E-state index in [1.807, 2.05) is 6.92 Å². The monoisotopic (exact) mass is 295 g/mol. The second kappa shape index (κ2) is 4.71. The molecule has 1 heterocycles. The lowest BCUT2D eigenvalue weighted by atomic mass is 10.2. The number of hydrogen-bond acceptors (Lipinski definition) is 3. The second-order valence-electron chi connectivity index (χ2n) is 3.64. The van der Waals surface area contributed by atoms with E-state index in [2.05, 4.69) is 26.2 Å². The summed E-state index contributed by atoms with van der Waals surface area (Å²) in [6, 6.07) is 6.70. The van der Waals surface area contributed by atoms with Crippen LogP contribution in [0, 0.1) is 12.7 Å². The number of nitrogens with two attached hydrogens (primary N) is 1. The minimum Gasteiger partial charge on any atom is -0.382 e. The maximum Gasteiger partial charge on any atom is 0.147 e. The first kappa shape index (κ1) is 11.9. The van der Waals surface area contributed by atoms with Crippen molar-refractivity contribution >= 4 is 33.1 Å². The molecule has 1 aromatic heterocycles. The molecule has 0 saturated carbocycles. The number of nitrogens with zero attached hydrogens (tertiary/aromatic N) is 1. The van der Waals surface area contributed by atoms with Crippen LogP contribution in [0.3, 0.4) is 0 Å². The van der Waals surface area contributed by atoms with Crippen LogP contribution in [0.4, 0.5) is 21.6 Å². The summed E-state index contributed by atoms with van der Waals surface area (Å²) >= 11 is 3.14. The van der Waals surface area contributed by atoms with E-state index in [-0.39, 0.29) is 5.82 Å². The molecular formula is C12H11BrFN3. The predicted octanol–water partition coefficient (Wildman–Crippen LogP) is 3.62. The van der Waals surface area contributed by atoms with Crippen LogP contribution in [0.15, 0.2) is 34.9 Å². The average molecular weight is 296 g/mol. The summed E-state index contributed by atoms with van der Waals surface area (Å²) in [7, 11) is 0. The van der Waals surface area contributed by atoms with Gasteiger partial charge in [0.25, 0.3) is 0 Å². The first-order chi connectivity index (χ1) is 8.08. The van der Waals surface area contributed by atoms with E-state index in [4.69, 9.17) is 5.73 Å². The van der Waals surface area contributed by atoms with Crippen LogP contribution in [0.25, 0.3) is 0 Å². The highest BCUT2D eigenvalue weighted by molar-refractivity contribution is 9.10. The van der Waals surface area contributed by atoms with Gasteiger partial charge in [0.2, 0.25) is 0 Å². The smallest absolute Gasteiger partial charge is 0.147 e. The summed E-state index contributed by atoms with van der Waals surface area (Å²) in [5.74, 6) is 0.0655. The fraction of sp³-hybridized carbons (Fsp3) is 0.0833. The molecule has 0 spiro atoms. The molecule has 0 aliphatic rings. The van der Waals surface area contributed by atoms with E-state index in [1.165, 1.54) is 6.07 Å². The van der Waals surface area contributed by atoms with Crippen LogP contribution in [-0.4, -0.2) is 4.98 Å². The quantitative estimate of drug-likeness (QED) is 0.890. The van der Waals surface area contributed by atoms with Gasteiger partial charge in [-0.3, -0.25) is 0 Å². The highest BCUT2D eigenvalue weighted by atomic mass is 79.9. The molecule has 0 amide bonds. The van der Waals surface area contributed by atoms with Crippen LogP contribution in [0.2, 0.25) is 0 Å². The van der Waals surface area contributed by atoms with Gasteiger partial charge in [-0.05, 0) is 52.7 Å². The minimum absolute atomic E-state index is 0.319. The number of rotatable bonds is 2. The third kappa shape index (κ3) is 2.55. The van der Waals surface area contributed by atoms with Crippen LogP contribution in [-0.2, 0) is 0 Å². The van der Waals surface area contributed by atoms with Crippen molar-refractivity contribution in [1.29, 1.82) is 0 Å². The number of benzene rings is 1. The normalized spacial score (nSPS) is 10.3. The molecular weight excluding hydrogens is 285 g/mol. The first-order valence-electron chi connectivity index (χ1n) is 5.01. The third-order valence-electron chi connectivity index (χ3n) is 2.38. The zero-order valence-corrected chi connectivity index (χ0v) is 10.8. The molecule has 1 aromatic carbocycles. The van der Waals surface area contributed by atoms with Crippen LogP contribution in [0.5, 0.6) is 0 Å². The van der Waals surface area contributed by atoms with E-state index < -0.39 is 0 Å². The lowest BCUT2D eigenvalue weighted by Crippen LogP contribution is -2.00. The molecule has 3 nitrogen and oxygen atoms in total. The molecule has 0 atom stereocenters. The summed E-state index contributed by atoms with van der Waals surface area (Å²) < 4.78 is 13.9. The zero-order valence-electron chi connectivity index (χ0n) is 9.17. The fourth-order valence-corrected chi connectivity index (χ4v) is 1.91. The van der Waals surface area contributed by atoms with E-state index in [9.17, 15) is 4.39 Å². The van der Waals surface area contributed by atoms with Gasteiger partial charge in [-0.25, -0.2) is 9.37 Å². The topological polar surface area (TPSA) is 50.9 Å². The van der Waals surface area contributed by atoms with Gasteiger partial charge in [0.15, 0.2) is 0 Å². The Morgan fingerprint density at radius 1 is 1.35 bits per heavy atom. The molecule has 2 rings (SSSR count). The Morgan fingerprint density at radius 3 is 2.82 bits per heavy atom. The zero-order chi connectivity index (χ0) is 12.4. The summed E-state index contributed by atoms with van der Waals surface area (Å²) in [5, 5.41) is 3.06. The summed E-state index contributed by atoms with van der Waals surface area (Å²) in [4.78, 5) is 3.96. The molecule has 5 heteroatoms. The number of hydrogen-bond donors (Lipinski definition) is 2. The Bertz CT molecular complexity index is 557. The number of nitrogen functional groups attached to an aromatic ring is 1. The van der Waals surface area contributed by atoms with Gasteiger partial charge in [0.05, 0.1) is 10.2 Å². The molecule has 3 N–H and O–H groups in total. The van der Waals surface area contributed by atoms with Gasteiger partial charge in [-0.15, -0.1) is 0 Å². The molecule has 0 aliphatic carbocycles. The molecule has 88 valence electrons. The summed E-state index contributed by atoms with van der Waals surface area (Å²) in [6.45, 7) is 1.89. The SMILES string of the molecule is Cc1cc(Br)c(F)cc1Nc1cccnc1N. The Labute approximate surface area is 107 Å². The second-order valence-corrected chi connectivity index (χ2v) is 4.50. The maximum absolute atomic E-state index is 13.4. The van der Waals surface area contributed by atoms with Gasteiger partial charge < -0.3 is 11.1 Å². The highest BCUT2D eigenvalue weighted by Crippen LogP contribution is 2.27. The van der Waals surface area contributed by atoms with Gasteiger partial charge in [-0.1, -0.05) is 0 Å². The summed E-state index contributed by atoms with van der Waals surface area (Å²) in [5.41, 5.74) is 7.96. The van der Waals surface area contributed by atoms with Crippen molar-refractivity contribution in [2.24, 2.45) is 0 Å². The van der Waals surface area contributed by atoms with Gasteiger partial charge in [0, 0.05) is 11.9 Å². The number of pyridine rings is 1. The molecule has 0 unspecified atom stereocenters. The largest absolute Gasteiger partial charge is 0.382 e. The van der Waals surface area contributed by atoms with Crippen molar-refractivity contribution in [2.75, 3.05) is 11.1 Å². The van der Waals surface area contributed by atoms with Crippen LogP contribution >= 0.6 is 15.9 Å². The van der Waals surface area contributed by atoms with Crippen molar-refractivity contribution in [3.05, 3.63) is 46.3 Å². The number of aryl methyl sites for hydroxylation is 1. The van der Waals surface area contributed by atoms with Crippen molar-refractivity contribution in [2.45, 2.75) is 6.92 Å². The van der Waals surface area contributed by atoms with Gasteiger partial charge in [-0.2, -0.15) is 0 Å². The number of anilines is 3. The van der Waals surface area contributed by atoms with Crippen molar-refractivity contribution in [3.63, 3.8) is 0 Å². The highest BCUT2D eigenvalue weighted by Gasteiger charge is 2.07. The van der Waals surface area contributed by atoms with Crippen molar-refractivity contribution in [1.82, 2.24) is 4.98 Å². The van der Waals surface area contributed by atoms with E-state index in [0.717, 1.165) is 5.56 Å². The van der Waals surface area contributed by atoms with E-state index in [1.54, 1.807) is 24.4 Å². The Morgan fingerprint density at radius 2 is 2.12 bits per heavy atom. The predicted molar refractivity (Wildman–Crippen MR) is 70.8 cm³/mol. The van der Waals surface area contributed by atoms with Crippen molar-refractivity contribution in [3.8, 4) is 0 Å². The standard InChI is InChI=1S/C12H11BrFN3/c1-7-5-8(13)9(14)6-11(7)17-10-3-2-4-16-12(10)15/h2-6,17H,1H3,(H2,15,16). The third-order valence-corrected chi connectivity index (χ3v) is 2.98. The molecule has 0 fully saturated rings. The Kier molecular flexibility index (Phi) is 3.28. The molecule has 0 radical (unpaired) electrons. The van der Waals surface area contributed by atoms with Gasteiger partial charge >= 0.3 is 0 Å². The maximum atomic E-state index is 13.4. The van der Waals surface area contributed by atoms with E-state index in [0.29, 0.717) is 21.7 Å². The summed E-state index contributed by atoms with van der Waals surface area (Å²) in [6.07, 6.45) is 1.61.